The number of nitrogens with zero attached hydrogens (tertiary/aromatic N) is 1. The number of hydrogen-bond donors (Lipinski definition) is 1. The smallest absolute Gasteiger partial charge is 0.228 e. The van der Waals surface area contributed by atoms with Crippen LogP contribution < -0.4 is 5.32 Å². The second-order valence-electron chi connectivity index (χ2n) is 4.33. The lowest BCUT2D eigenvalue weighted by Gasteiger charge is -2.12. The van der Waals surface area contributed by atoms with Crippen molar-refractivity contribution in [3.05, 3.63) is 29.8 Å². The van der Waals surface area contributed by atoms with Gasteiger partial charge in [-0.2, -0.15) is 0 Å². The summed E-state index contributed by atoms with van der Waals surface area (Å²) in [6.07, 6.45) is 0.721. The Labute approximate surface area is 98.4 Å². The van der Waals surface area contributed by atoms with Gasteiger partial charge in [0.05, 0.1) is 5.92 Å². The molecule has 1 aromatic rings. The second kappa shape index (κ2) is 4.79. The molecule has 0 spiro atoms. The van der Waals surface area contributed by atoms with E-state index in [-0.39, 0.29) is 17.5 Å². The predicted molar refractivity (Wildman–Crippen MR) is 60.6 cm³/mol. The van der Waals surface area contributed by atoms with E-state index in [4.69, 9.17) is 0 Å². The number of halogens is 2. The topological polar surface area (TPSA) is 32.3 Å². The Balaban J connectivity index is 2.08. The highest BCUT2D eigenvalue weighted by Crippen LogP contribution is 2.21. The number of carbonyl (C=O) groups excluding carboxylic acids is 1. The van der Waals surface area contributed by atoms with Gasteiger partial charge in [-0.3, -0.25) is 4.79 Å². The molecule has 0 aromatic heterocycles. The molecule has 1 aromatic carbocycles. The van der Waals surface area contributed by atoms with Crippen LogP contribution in [-0.2, 0) is 4.79 Å². The lowest BCUT2D eigenvalue weighted by Crippen LogP contribution is -2.26. The summed E-state index contributed by atoms with van der Waals surface area (Å²) in [5.74, 6) is -2.01. The first-order valence-corrected chi connectivity index (χ1v) is 5.51. The average molecular weight is 240 g/mol. The van der Waals surface area contributed by atoms with Crippen LogP contribution >= 0.6 is 0 Å². The summed E-state index contributed by atoms with van der Waals surface area (Å²) in [4.78, 5) is 13.8. The van der Waals surface area contributed by atoms with Crippen molar-refractivity contribution < 1.29 is 13.6 Å². The molecule has 1 heterocycles. The first-order valence-electron chi connectivity index (χ1n) is 5.51. The standard InChI is InChI=1S/C12H14F2N2O/c1-16-6-5-8(7-16)12(17)15-11-9(13)3-2-4-10(11)14/h2-4,8H,5-7H2,1H3,(H,15,17). The third-order valence-electron chi connectivity index (χ3n) is 2.97. The van der Waals surface area contributed by atoms with E-state index in [9.17, 15) is 13.6 Å². The van der Waals surface area contributed by atoms with E-state index >= 15 is 0 Å². The van der Waals surface area contributed by atoms with Crippen LogP contribution in [0.4, 0.5) is 14.5 Å². The Kier molecular flexibility index (Phi) is 3.38. The van der Waals surface area contributed by atoms with Gasteiger partial charge in [-0.15, -0.1) is 0 Å². The number of carbonyl (C=O) groups is 1. The molecular formula is C12H14F2N2O. The zero-order valence-electron chi connectivity index (χ0n) is 9.54. The van der Waals surface area contributed by atoms with Gasteiger partial charge < -0.3 is 10.2 Å². The van der Waals surface area contributed by atoms with E-state index in [1.807, 2.05) is 11.9 Å². The van der Waals surface area contributed by atoms with Gasteiger partial charge in [0.25, 0.3) is 0 Å². The van der Waals surface area contributed by atoms with Crippen molar-refractivity contribution >= 4 is 11.6 Å². The zero-order valence-corrected chi connectivity index (χ0v) is 9.54. The van der Waals surface area contributed by atoms with Crippen molar-refractivity contribution in [2.24, 2.45) is 5.92 Å². The largest absolute Gasteiger partial charge is 0.321 e. The molecule has 0 radical (unpaired) electrons. The maximum absolute atomic E-state index is 13.3. The minimum Gasteiger partial charge on any atom is -0.321 e. The number of benzene rings is 1. The fourth-order valence-electron chi connectivity index (χ4n) is 1.99. The molecule has 1 fully saturated rings. The molecule has 1 amide bonds. The van der Waals surface area contributed by atoms with Crippen molar-refractivity contribution in [2.75, 3.05) is 25.5 Å². The number of para-hydroxylation sites is 1. The Morgan fingerprint density at radius 2 is 2.06 bits per heavy atom. The summed E-state index contributed by atoms with van der Waals surface area (Å²) in [7, 11) is 1.91. The van der Waals surface area contributed by atoms with Crippen LogP contribution in [0.3, 0.4) is 0 Å². The summed E-state index contributed by atoms with van der Waals surface area (Å²) >= 11 is 0. The third-order valence-corrected chi connectivity index (χ3v) is 2.97. The van der Waals surface area contributed by atoms with Crippen LogP contribution in [0.2, 0.25) is 0 Å². The van der Waals surface area contributed by atoms with Gasteiger partial charge in [-0.25, -0.2) is 8.78 Å². The van der Waals surface area contributed by atoms with Gasteiger partial charge >= 0.3 is 0 Å². The first-order chi connectivity index (χ1) is 8.08. The molecule has 1 unspecified atom stereocenters. The van der Waals surface area contributed by atoms with Crippen molar-refractivity contribution in [1.29, 1.82) is 0 Å². The highest BCUT2D eigenvalue weighted by Gasteiger charge is 2.27. The monoisotopic (exact) mass is 240 g/mol. The number of hydrogen-bond acceptors (Lipinski definition) is 2. The lowest BCUT2D eigenvalue weighted by molar-refractivity contribution is -0.119. The van der Waals surface area contributed by atoms with Crippen LogP contribution in [-0.4, -0.2) is 30.9 Å². The Morgan fingerprint density at radius 1 is 1.41 bits per heavy atom. The van der Waals surface area contributed by atoms with E-state index in [1.165, 1.54) is 6.07 Å². The molecular weight excluding hydrogens is 226 g/mol. The number of nitrogens with one attached hydrogen (secondary N) is 1. The first kappa shape index (κ1) is 12.0. The van der Waals surface area contributed by atoms with Crippen molar-refractivity contribution in [2.45, 2.75) is 6.42 Å². The van der Waals surface area contributed by atoms with Gasteiger partial charge in [0.2, 0.25) is 5.91 Å². The van der Waals surface area contributed by atoms with Crippen molar-refractivity contribution in [3.63, 3.8) is 0 Å². The number of anilines is 1. The molecule has 92 valence electrons. The SMILES string of the molecule is CN1CCC(C(=O)Nc2c(F)cccc2F)C1. The molecule has 1 aliphatic heterocycles. The van der Waals surface area contributed by atoms with E-state index in [2.05, 4.69) is 5.32 Å². The third kappa shape index (κ3) is 2.61. The van der Waals surface area contributed by atoms with Gasteiger partial charge in [0.1, 0.15) is 17.3 Å². The second-order valence-corrected chi connectivity index (χ2v) is 4.33. The Hall–Kier alpha value is -1.49. The molecule has 1 saturated heterocycles. The minimum absolute atomic E-state index is 0.195. The highest BCUT2D eigenvalue weighted by atomic mass is 19.1. The summed E-state index contributed by atoms with van der Waals surface area (Å²) < 4.78 is 26.6. The van der Waals surface area contributed by atoms with E-state index in [0.29, 0.717) is 6.54 Å². The van der Waals surface area contributed by atoms with Crippen molar-refractivity contribution in [3.8, 4) is 0 Å². The number of likely N-dealkylation sites (tertiary alicyclic amines) is 1. The Morgan fingerprint density at radius 3 is 2.59 bits per heavy atom. The predicted octanol–water partition coefficient (Wildman–Crippen LogP) is 1.86. The highest BCUT2D eigenvalue weighted by molar-refractivity contribution is 5.93. The van der Waals surface area contributed by atoms with E-state index in [0.717, 1.165) is 25.1 Å². The molecule has 0 aliphatic carbocycles. The number of rotatable bonds is 2. The molecule has 1 N–H and O–H groups in total. The Bertz CT molecular complexity index is 416. The molecule has 2 rings (SSSR count). The van der Waals surface area contributed by atoms with Crippen molar-refractivity contribution in [1.82, 2.24) is 4.90 Å². The maximum Gasteiger partial charge on any atom is 0.228 e. The van der Waals surface area contributed by atoms with Gasteiger partial charge in [0.15, 0.2) is 0 Å². The fraction of sp³-hybridized carbons (Fsp3) is 0.417. The molecule has 5 heteroatoms. The van der Waals surface area contributed by atoms with Crippen LogP contribution in [0.15, 0.2) is 18.2 Å². The minimum atomic E-state index is -0.746. The van der Waals surface area contributed by atoms with Crippen LogP contribution in [0.5, 0.6) is 0 Å². The summed E-state index contributed by atoms with van der Waals surface area (Å²) in [6.45, 7) is 1.46. The summed E-state index contributed by atoms with van der Waals surface area (Å²) in [5.41, 5.74) is -0.355. The normalized spacial score (nSPS) is 20.5. The zero-order chi connectivity index (χ0) is 12.4. The van der Waals surface area contributed by atoms with Crippen LogP contribution in [0, 0.1) is 17.6 Å². The van der Waals surface area contributed by atoms with Crippen LogP contribution in [0.1, 0.15) is 6.42 Å². The quantitative estimate of drug-likeness (QED) is 0.855. The van der Waals surface area contributed by atoms with Crippen LogP contribution in [0.25, 0.3) is 0 Å². The summed E-state index contributed by atoms with van der Waals surface area (Å²) in [6, 6.07) is 3.52. The molecule has 0 bridgehead atoms. The molecule has 0 saturated carbocycles. The molecule has 17 heavy (non-hydrogen) atoms. The molecule has 3 nitrogen and oxygen atoms in total. The molecule has 1 atom stereocenters. The van der Waals surface area contributed by atoms with Gasteiger partial charge in [0, 0.05) is 6.54 Å². The molecule has 1 aliphatic rings. The van der Waals surface area contributed by atoms with E-state index < -0.39 is 11.6 Å². The number of amides is 1. The maximum atomic E-state index is 13.3. The van der Waals surface area contributed by atoms with E-state index in [1.54, 1.807) is 0 Å². The summed E-state index contributed by atoms with van der Waals surface area (Å²) in [5, 5.41) is 2.33. The van der Waals surface area contributed by atoms with Gasteiger partial charge in [-0.05, 0) is 32.1 Å². The lowest BCUT2D eigenvalue weighted by atomic mass is 10.1. The average Bonchev–Trinajstić information content (AvgIpc) is 2.70. The fourth-order valence-corrected chi connectivity index (χ4v) is 1.99. The van der Waals surface area contributed by atoms with Gasteiger partial charge in [-0.1, -0.05) is 6.07 Å².